The van der Waals surface area contributed by atoms with Crippen LogP contribution in [0.25, 0.3) is 10.9 Å². The molecule has 0 unspecified atom stereocenters. The Labute approximate surface area is 153 Å². The molecule has 0 radical (unpaired) electrons. The van der Waals surface area contributed by atoms with Crippen molar-refractivity contribution in [2.24, 2.45) is 11.8 Å². The van der Waals surface area contributed by atoms with Crippen LogP contribution in [0, 0.1) is 18.8 Å². The number of benzene rings is 1. The molecule has 1 aromatic heterocycles. The largest absolute Gasteiger partial charge is 0.343 e. The normalized spacial score (nSPS) is 23.0. The van der Waals surface area contributed by atoms with Gasteiger partial charge in [-0.05, 0) is 56.3 Å². The fourth-order valence-corrected chi connectivity index (χ4v) is 4.34. The van der Waals surface area contributed by atoms with Crippen LogP contribution in [0.2, 0.25) is 0 Å². The standard InChI is InChI=1S/C20H26N4O2/c1-14-3-2-4-17-19(14)22-13-24(20(17)26)10-7-18(25)23-8-5-15-11-21-12-16(15)6-9-23/h2-4,13,15-16,21H,5-12H2,1H3/t15-,16+. The fourth-order valence-electron chi connectivity index (χ4n) is 4.34. The van der Waals surface area contributed by atoms with Crippen molar-refractivity contribution in [2.75, 3.05) is 26.2 Å². The molecule has 2 fully saturated rings. The summed E-state index contributed by atoms with van der Waals surface area (Å²) in [4.78, 5) is 31.7. The predicted octanol–water partition coefficient (Wildman–Crippen LogP) is 1.55. The van der Waals surface area contributed by atoms with Crippen molar-refractivity contribution in [2.45, 2.75) is 32.7 Å². The number of aryl methyl sites for hydroxylation is 2. The number of nitrogens with zero attached hydrogens (tertiary/aromatic N) is 3. The smallest absolute Gasteiger partial charge is 0.261 e. The number of carbonyl (C=O) groups is 1. The lowest BCUT2D eigenvalue weighted by Crippen LogP contribution is -2.34. The molecule has 4 rings (SSSR count). The minimum absolute atomic E-state index is 0.0667. The van der Waals surface area contributed by atoms with Gasteiger partial charge in [0.1, 0.15) is 0 Å². The SMILES string of the molecule is Cc1cccc2c(=O)n(CCC(=O)N3CC[C@@H]4CNC[C@@H]4CC3)cnc12. The highest BCUT2D eigenvalue weighted by atomic mass is 16.2. The van der Waals surface area contributed by atoms with Gasteiger partial charge >= 0.3 is 0 Å². The van der Waals surface area contributed by atoms with Crippen LogP contribution < -0.4 is 10.9 Å². The second kappa shape index (κ2) is 7.19. The van der Waals surface area contributed by atoms with Gasteiger partial charge in [-0.1, -0.05) is 12.1 Å². The van der Waals surface area contributed by atoms with Gasteiger partial charge in [0.15, 0.2) is 0 Å². The van der Waals surface area contributed by atoms with E-state index in [1.807, 2.05) is 24.0 Å². The molecular weight excluding hydrogens is 328 g/mol. The Morgan fingerprint density at radius 1 is 1.23 bits per heavy atom. The van der Waals surface area contributed by atoms with Crippen LogP contribution in [0.3, 0.4) is 0 Å². The van der Waals surface area contributed by atoms with Crippen molar-refractivity contribution >= 4 is 16.8 Å². The zero-order valence-corrected chi connectivity index (χ0v) is 15.3. The average Bonchev–Trinajstić information content (AvgIpc) is 3.00. The van der Waals surface area contributed by atoms with Crippen molar-refractivity contribution in [3.05, 3.63) is 40.4 Å². The number of hydrogen-bond donors (Lipinski definition) is 1. The summed E-state index contributed by atoms with van der Waals surface area (Å²) in [6, 6.07) is 5.63. The molecule has 2 aliphatic heterocycles. The summed E-state index contributed by atoms with van der Waals surface area (Å²) in [6.07, 6.45) is 4.09. The first-order chi connectivity index (χ1) is 12.6. The lowest BCUT2D eigenvalue weighted by Gasteiger charge is -2.21. The molecule has 2 atom stereocenters. The highest BCUT2D eigenvalue weighted by molar-refractivity contribution is 5.80. The molecule has 3 heterocycles. The Morgan fingerprint density at radius 2 is 1.96 bits per heavy atom. The van der Waals surface area contributed by atoms with E-state index in [1.54, 1.807) is 17.0 Å². The van der Waals surface area contributed by atoms with Crippen LogP contribution in [0.5, 0.6) is 0 Å². The van der Waals surface area contributed by atoms with Gasteiger partial charge in [0.25, 0.3) is 5.56 Å². The van der Waals surface area contributed by atoms with E-state index in [9.17, 15) is 9.59 Å². The number of aromatic nitrogens is 2. The lowest BCUT2D eigenvalue weighted by atomic mass is 9.92. The number of likely N-dealkylation sites (tertiary alicyclic amines) is 1. The first-order valence-electron chi connectivity index (χ1n) is 9.57. The van der Waals surface area contributed by atoms with Gasteiger partial charge in [-0.2, -0.15) is 0 Å². The summed E-state index contributed by atoms with van der Waals surface area (Å²) in [5.41, 5.74) is 1.67. The third-order valence-electron chi connectivity index (χ3n) is 5.99. The van der Waals surface area contributed by atoms with Gasteiger partial charge in [0, 0.05) is 26.1 Å². The van der Waals surface area contributed by atoms with Gasteiger partial charge in [-0.3, -0.25) is 14.2 Å². The van der Waals surface area contributed by atoms with Crippen LogP contribution >= 0.6 is 0 Å². The molecule has 2 aromatic rings. The van der Waals surface area contributed by atoms with Gasteiger partial charge in [0.2, 0.25) is 5.91 Å². The highest BCUT2D eigenvalue weighted by Gasteiger charge is 2.31. The number of hydrogen-bond acceptors (Lipinski definition) is 4. The van der Waals surface area contributed by atoms with Gasteiger partial charge in [-0.15, -0.1) is 0 Å². The summed E-state index contributed by atoms with van der Waals surface area (Å²) in [5, 5.41) is 4.08. The van der Waals surface area contributed by atoms with Crippen molar-refractivity contribution in [1.29, 1.82) is 0 Å². The molecule has 138 valence electrons. The number of para-hydroxylation sites is 1. The summed E-state index contributed by atoms with van der Waals surface area (Å²) in [7, 11) is 0. The van der Waals surface area contributed by atoms with Crippen molar-refractivity contribution < 1.29 is 4.79 Å². The van der Waals surface area contributed by atoms with E-state index in [0.717, 1.165) is 50.1 Å². The number of rotatable bonds is 3. The van der Waals surface area contributed by atoms with E-state index in [0.29, 0.717) is 30.2 Å². The predicted molar refractivity (Wildman–Crippen MR) is 101 cm³/mol. The topological polar surface area (TPSA) is 67.2 Å². The summed E-state index contributed by atoms with van der Waals surface area (Å²) in [5.74, 6) is 1.57. The first-order valence-corrected chi connectivity index (χ1v) is 9.57. The Kier molecular flexibility index (Phi) is 4.76. The second-order valence-electron chi connectivity index (χ2n) is 7.60. The van der Waals surface area contributed by atoms with E-state index in [-0.39, 0.29) is 11.5 Å². The highest BCUT2D eigenvalue weighted by Crippen LogP contribution is 2.27. The number of amides is 1. The number of carbonyl (C=O) groups excluding carboxylic acids is 1. The zero-order chi connectivity index (χ0) is 18.1. The average molecular weight is 354 g/mol. The van der Waals surface area contributed by atoms with Crippen LogP contribution in [0.4, 0.5) is 0 Å². The lowest BCUT2D eigenvalue weighted by molar-refractivity contribution is -0.131. The van der Waals surface area contributed by atoms with Crippen molar-refractivity contribution in [1.82, 2.24) is 19.8 Å². The molecule has 0 saturated carbocycles. The molecule has 0 spiro atoms. The van der Waals surface area contributed by atoms with Crippen LogP contribution in [-0.2, 0) is 11.3 Å². The van der Waals surface area contributed by atoms with Crippen LogP contribution in [0.1, 0.15) is 24.8 Å². The Balaban J connectivity index is 1.42. The maximum atomic E-state index is 12.6. The van der Waals surface area contributed by atoms with Gasteiger partial charge in [0.05, 0.1) is 17.2 Å². The van der Waals surface area contributed by atoms with Crippen LogP contribution in [0.15, 0.2) is 29.3 Å². The van der Waals surface area contributed by atoms with E-state index < -0.39 is 0 Å². The maximum Gasteiger partial charge on any atom is 0.261 e. The molecular formula is C20H26N4O2. The Bertz CT molecular complexity index is 862. The number of nitrogens with one attached hydrogen (secondary N) is 1. The maximum absolute atomic E-state index is 12.6. The molecule has 26 heavy (non-hydrogen) atoms. The third kappa shape index (κ3) is 3.26. The quantitative estimate of drug-likeness (QED) is 0.908. The summed E-state index contributed by atoms with van der Waals surface area (Å²) >= 11 is 0. The second-order valence-corrected chi connectivity index (χ2v) is 7.60. The molecule has 1 N–H and O–H groups in total. The van der Waals surface area contributed by atoms with Gasteiger partial charge in [-0.25, -0.2) is 4.98 Å². The molecule has 0 aliphatic carbocycles. The Hall–Kier alpha value is -2.21. The third-order valence-corrected chi connectivity index (χ3v) is 5.99. The monoisotopic (exact) mass is 354 g/mol. The van der Waals surface area contributed by atoms with Crippen molar-refractivity contribution in [3.8, 4) is 0 Å². The van der Waals surface area contributed by atoms with E-state index in [4.69, 9.17) is 0 Å². The zero-order valence-electron chi connectivity index (χ0n) is 15.3. The molecule has 6 heteroatoms. The van der Waals surface area contributed by atoms with Crippen LogP contribution in [-0.4, -0.2) is 46.5 Å². The molecule has 2 aliphatic rings. The number of fused-ring (bicyclic) bond motifs is 2. The van der Waals surface area contributed by atoms with E-state index >= 15 is 0 Å². The minimum atomic E-state index is -0.0667. The molecule has 1 amide bonds. The Morgan fingerprint density at radius 3 is 2.69 bits per heavy atom. The molecule has 2 saturated heterocycles. The molecule has 6 nitrogen and oxygen atoms in total. The molecule has 1 aromatic carbocycles. The summed E-state index contributed by atoms with van der Waals surface area (Å²) in [6.45, 7) is 6.19. The minimum Gasteiger partial charge on any atom is -0.343 e. The van der Waals surface area contributed by atoms with Crippen molar-refractivity contribution in [3.63, 3.8) is 0 Å². The molecule has 0 bridgehead atoms. The fraction of sp³-hybridized carbons (Fsp3) is 0.550. The van der Waals surface area contributed by atoms with Gasteiger partial charge < -0.3 is 10.2 Å². The van der Waals surface area contributed by atoms with E-state index in [2.05, 4.69) is 10.3 Å². The summed E-state index contributed by atoms with van der Waals surface area (Å²) < 4.78 is 1.57. The van der Waals surface area contributed by atoms with E-state index in [1.165, 1.54) is 0 Å². The first kappa shape index (κ1) is 17.2.